The Bertz CT molecular complexity index is 606. The highest BCUT2D eigenvalue weighted by Gasteiger charge is 2.38. The molecule has 1 amide bonds. The molecule has 0 aromatic heterocycles. The number of piperidine rings is 1. The van der Waals surface area contributed by atoms with E-state index >= 15 is 0 Å². The van der Waals surface area contributed by atoms with Gasteiger partial charge in [0.15, 0.2) is 0 Å². The molecular weight excluding hydrogens is 310 g/mol. The molecule has 0 saturated carbocycles. The maximum absolute atomic E-state index is 12.3. The Morgan fingerprint density at radius 3 is 2.50 bits per heavy atom. The summed E-state index contributed by atoms with van der Waals surface area (Å²) in [5, 5.41) is 0. The van der Waals surface area contributed by atoms with E-state index in [2.05, 4.69) is 0 Å². The van der Waals surface area contributed by atoms with Gasteiger partial charge < -0.3 is 9.47 Å². The van der Waals surface area contributed by atoms with Crippen molar-refractivity contribution in [2.45, 2.75) is 51.9 Å². The molecule has 1 aliphatic rings. The summed E-state index contributed by atoms with van der Waals surface area (Å²) in [6.07, 6.45) is -0.419. The lowest BCUT2D eigenvalue weighted by atomic mass is 10.0. The Hall–Kier alpha value is -2.37. The van der Waals surface area contributed by atoms with E-state index in [1.807, 2.05) is 30.3 Å². The summed E-state index contributed by atoms with van der Waals surface area (Å²) in [7, 11) is 0. The molecule has 1 aromatic rings. The van der Waals surface area contributed by atoms with Crippen LogP contribution in [-0.2, 0) is 25.7 Å². The molecule has 1 fully saturated rings. The Kier molecular flexibility index (Phi) is 5.59. The zero-order valence-electron chi connectivity index (χ0n) is 14.3. The first-order valence-electron chi connectivity index (χ1n) is 7.98. The van der Waals surface area contributed by atoms with Gasteiger partial charge in [-0.3, -0.25) is 9.69 Å². The fourth-order valence-electron chi connectivity index (χ4n) is 2.43. The third-order valence-electron chi connectivity index (χ3n) is 3.55. The van der Waals surface area contributed by atoms with Gasteiger partial charge in [-0.2, -0.15) is 0 Å². The predicted octanol–water partition coefficient (Wildman–Crippen LogP) is 2.70. The molecule has 0 radical (unpaired) electrons. The molecule has 1 heterocycles. The molecule has 1 aliphatic heterocycles. The largest absolute Gasteiger partial charge is 0.458 e. The van der Waals surface area contributed by atoms with Crippen molar-refractivity contribution in [3.8, 4) is 0 Å². The third-order valence-corrected chi connectivity index (χ3v) is 3.55. The molecule has 0 spiro atoms. The Morgan fingerprint density at radius 1 is 1.21 bits per heavy atom. The molecule has 0 bridgehead atoms. The summed E-state index contributed by atoms with van der Waals surface area (Å²) in [6, 6.07) is 8.35. The first-order chi connectivity index (χ1) is 11.3. The number of likely N-dealkylation sites (tertiary alicyclic amines) is 1. The molecular formula is C18H23NO5. The summed E-state index contributed by atoms with van der Waals surface area (Å²) in [4.78, 5) is 37.7. The van der Waals surface area contributed by atoms with Crippen molar-refractivity contribution in [3.63, 3.8) is 0 Å². The molecule has 1 saturated heterocycles. The van der Waals surface area contributed by atoms with E-state index in [0.717, 1.165) is 5.56 Å². The highest BCUT2D eigenvalue weighted by atomic mass is 16.6. The lowest BCUT2D eigenvalue weighted by Gasteiger charge is -2.34. The van der Waals surface area contributed by atoms with E-state index in [1.165, 1.54) is 4.90 Å². The van der Waals surface area contributed by atoms with Gasteiger partial charge in [0.05, 0.1) is 0 Å². The normalized spacial score (nSPS) is 18.2. The predicted molar refractivity (Wildman–Crippen MR) is 87.2 cm³/mol. The average Bonchev–Trinajstić information content (AvgIpc) is 2.52. The Labute approximate surface area is 141 Å². The number of esters is 1. The number of carbonyl (C=O) groups is 3. The second kappa shape index (κ2) is 7.47. The maximum Gasteiger partial charge on any atom is 0.410 e. The molecule has 0 N–H and O–H groups in total. The van der Waals surface area contributed by atoms with Crippen LogP contribution in [0.4, 0.5) is 4.79 Å². The summed E-state index contributed by atoms with van der Waals surface area (Å²) < 4.78 is 10.6. The molecule has 130 valence electrons. The SMILES string of the molecule is CC(C)(C)OC(=O)[C@@H]1CC(=O)CCN1C(=O)OCc1ccccc1. The van der Waals surface area contributed by atoms with Crippen molar-refractivity contribution in [2.24, 2.45) is 0 Å². The van der Waals surface area contributed by atoms with Crippen LogP contribution < -0.4 is 0 Å². The second-order valence-corrected chi connectivity index (χ2v) is 6.78. The molecule has 0 aliphatic carbocycles. The van der Waals surface area contributed by atoms with E-state index in [0.29, 0.717) is 0 Å². The van der Waals surface area contributed by atoms with Gasteiger partial charge >= 0.3 is 12.1 Å². The van der Waals surface area contributed by atoms with Crippen molar-refractivity contribution in [1.29, 1.82) is 0 Å². The summed E-state index contributed by atoms with van der Waals surface area (Å²) >= 11 is 0. The second-order valence-electron chi connectivity index (χ2n) is 6.78. The van der Waals surface area contributed by atoms with Gasteiger partial charge in [-0.25, -0.2) is 9.59 Å². The number of hydrogen-bond donors (Lipinski definition) is 0. The third kappa shape index (κ3) is 5.08. The zero-order chi connectivity index (χ0) is 17.7. The number of nitrogens with zero attached hydrogens (tertiary/aromatic N) is 1. The summed E-state index contributed by atoms with van der Waals surface area (Å²) in [5.41, 5.74) is 0.171. The van der Waals surface area contributed by atoms with Gasteiger partial charge in [0, 0.05) is 19.4 Å². The number of carbonyl (C=O) groups excluding carboxylic acids is 3. The van der Waals surface area contributed by atoms with Gasteiger partial charge in [0.25, 0.3) is 0 Å². The number of Topliss-reactive ketones (excluding diaryl/α,β-unsaturated/α-hetero) is 1. The lowest BCUT2D eigenvalue weighted by molar-refractivity contribution is -0.163. The molecule has 24 heavy (non-hydrogen) atoms. The van der Waals surface area contributed by atoms with Crippen LogP contribution in [-0.4, -0.2) is 40.9 Å². The highest BCUT2D eigenvalue weighted by Crippen LogP contribution is 2.20. The van der Waals surface area contributed by atoms with Crippen LogP contribution in [0.3, 0.4) is 0 Å². The van der Waals surface area contributed by atoms with Crippen LogP contribution in [0, 0.1) is 0 Å². The van der Waals surface area contributed by atoms with Crippen LogP contribution in [0.25, 0.3) is 0 Å². The van der Waals surface area contributed by atoms with Gasteiger partial charge in [-0.05, 0) is 26.3 Å². The van der Waals surface area contributed by atoms with Crippen molar-refractivity contribution in [2.75, 3.05) is 6.54 Å². The number of ether oxygens (including phenoxy) is 2. The van der Waals surface area contributed by atoms with Crippen molar-refractivity contribution >= 4 is 17.8 Å². The molecule has 0 unspecified atom stereocenters. The van der Waals surface area contributed by atoms with E-state index in [9.17, 15) is 14.4 Å². The summed E-state index contributed by atoms with van der Waals surface area (Å²) in [6.45, 7) is 5.51. The minimum atomic E-state index is -0.922. The minimum Gasteiger partial charge on any atom is -0.458 e. The van der Waals surface area contributed by atoms with Crippen LogP contribution >= 0.6 is 0 Å². The number of ketones is 1. The first kappa shape index (κ1) is 18.0. The number of hydrogen-bond acceptors (Lipinski definition) is 5. The smallest absolute Gasteiger partial charge is 0.410 e. The quantitative estimate of drug-likeness (QED) is 0.795. The minimum absolute atomic E-state index is 0.0324. The van der Waals surface area contributed by atoms with Crippen LogP contribution in [0.5, 0.6) is 0 Å². The van der Waals surface area contributed by atoms with Gasteiger partial charge in [0.2, 0.25) is 0 Å². The zero-order valence-corrected chi connectivity index (χ0v) is 14.3. The lowest BCUT2D eigenvalue weighted by Crippen LogP contribution is -2.52. The highest BCUT2D eigenvalue weighted by molar-refractivity contribution is 5.91. The van der Waals surface area contributed by atoms with E-state index < -0.39 is 23.7 Å². The first-order valence-corrected chi connectivity index (χ1v) is 7.98. The van der Waals surface area contributed by atoms with E-state index in [1.54, 1.807) is 20.8 Å². The molecule has 1 atom stereocenters. The average molecular weight is 333 g/mol. The van der Waals surface area contributed by atoms with Crippen molar-refractivity contribution < 1.29 is 23.9 Å². The van der Waals surface area contributed by atoms with Gasteiger partial charge in [-0.15, -0.1) is 0 Å². The van der Waals surface area contributed by atoms with E-state index in [4.69, 9.17) is 9.47 Å². The van der Waals surface area contributed by atoms with E-state index in [-0.39, 0.29) is 31.8 Å². The molecule has 6 nitrogen and oxygen atoms in total. The fourth-order valence-corrected chi connectivity index (χ4v) is 2.43. The van der Waals surface area contributed by atoms with Crippen LogP contribution in [0.2, 0.25) is 0 Å². The van der Waals surface area contributed by atoms with Gasteiger partial charge in [-0.1, -0.05) is 30.3 Å². The molecule has 2 rings (SSSR count). The van der Waals surface area contributed by atoms with Gasteiger partial charge in [0.1, 0.15) is 24.0 Å². The van der Waals surface area contributed by atoms with Crippen LogP contribution in [0.1, 0.15) is 39.2 Å². The number of rotatable bonds is 3. The Morgan fingerprint density at radius 2 is 1.88 bits per heavy atom. The van der Waals surface area contributed by atoms with Crippen molar-refractivity contribution in [1.82, 2.24) is 4.90 Å². The topological polar surface area (TPSA) is 72.9 Å². The summed E-state index contributed by atoms with van der Waals surface area (Å²) in [5.74, 6) is -0.634. The fraction of sp³-hybridized carbons (Fsp3) is 0.500. The standard InChI is InChI=1S/C18H23NO5/c1-18(2,3)24-16(21)15-11-14(20)9-10-19(15)17(22)23-12-13-7-5-4-6-8-13/h4-8,15H,9-12H2,1-3H3/t15-/m0/s1. The van der Waals surface area contributed by atoms with Crippen molar-refractivity contribution in [3.05, 3.63) is 35.9 Å². The number of benzene rings is 1. The molecule has 6 heteroatoms. The number of amides is 1. The monoisotopic (exact) mass is 333 g/mol. The Balaban J connectivity index is 2.02. The van der Waals surface area contributed by atoms with Crippen LogP contribution in [0.15, 0.2) is 30.3 Å². The maximum atomic E-state index is 12.3. The molecule has 1 aromatic carbocycles.